The molecule has 6 heteroatoms. The first kappa shape index (κ1) is 14.6. The van der Waals surface area contributed by atoms with E-state index in [4.69, 9.17) is 0 Å². The van der Waals surface area contributed by atoms with Crippen LogP contribution in [0, 0.1) is 0 Å². The number of hydrogen-bond donors (Lipinski definition) is 2. The van der Waals surface area contributed by atoms with Crippen LogP contribution in [0.25, 0.3) is 5.69 Å². The smallest absolute Gasteiger partial charge is 0.239 e. The van der Waals surface area contributed by atoms with E-state index in [9.17, 15) is 4.79 Å². The van der Waals surface area contributed by atoms with E-state index in [1.165, 1.54) is 25.6 Å². The fourth-order valence-electron chi connectivity index (χ4n) is 2.78. The van der Waals surface area contributed by atoms with Crippen LogP contribution < -0.4 is 10.6 Å². The number of nitrogens with zero attached hydrogens (tertiary/aromatic N) is 3. The highest BCUT2D eigenvalue weighted by Crippen LogP contribution is 2.17. The van der Waals surface area contributed by atoms with Crippen molar-refractivity contribution in [3.63, 3.8) is 0 Å². The molecule has 1 fully saturated rings. The van der Waals surface area contributed by atoms with Crippen LogP contribution in [-0.2, 0) is 4.79 Å². The normalized spacial score (nSPS) is 15.5. The Bertz CT molecular complexity index is 588. The molecule has 1 heterocycles. The van der Waals surface area contributed by atoms with E-state index in [0.29, 0.717) is 12.6 Å². The fraction of sp³-hybridized carbons (Fsp3) is 0.438. The van der Waals surface area contributed by atoms with Crippen LogP contribution in [0.15, 0.2) is 36.9 Å². The van der Waals surface area contributed by atoms with Gasteiger partial charge in [-0.05, 0) is 37.1 Å². The molecule has 1 aromatic carbocycles. The van der Waals surface area contributed by atoms with E-state index < -0.39 is 0 Å². The molecule has 0 aliphatic heterocycles. The Morgan fingerprint density at radius 2 is 1.95 bits per heavy atom. The molecule has 2 aromatic rings. The van der Waals surface area contributed by atoms with Crippen molar-refractivity contribution in [2.45, 2.75) is 38.1 Å². The monoisotopic (exact) mass is 299 g/mol. The number of benzene rings is 1. The van der Waals surface area contributed by atoms with Crippen molar-refractivity contribution in [1.29, 1.82) is 0 Å². The number of aromatic nitrogens is 3. The molecule has 0 saturated heterocycles. The third-order valence-electron chi connectivity index (χ3n) is 3.97. The zero-order chi connectivity index (χ0) is 15.2. The lowest BCUT2D eigenvalue weighted by molar-refractivity contribution is -0.120. The first-order valence-electron chi connectivity index (χ1n) is 7.79. The highest BCUT2D eigenvalue weighted by molar-refractivity contribution is 5.81. The summed E-state index contributed by atoms with van der Waals surface area (Å²) < 4.78 is 1.69. The maximum atomic E-state index is 11.9. The van der Waals surface area contributed by atoms with Crippen molar-refractivity contribution in [3.05, 3.63) is 36.9 Å². The third kappa shape index (κ3) is 3.84. The van der Waals surface area contributed by atoms with Crippen molar-refractivity contribution >= 4 is 11.6 Å². The maximum absolute atomic E-state index is 11.9. The highest BCUT2D eigenvalue weighted by Gasteiger charge is 2.15. The fourth-order valence-corrected chi connectivity index (χ4v) is 2.78. The van der Waals surface area contributed by atoms with Crippen LogP contribution in [0.4, 0.5) is 5.69 Å². The minimum Gasteiger partial charge on any atom is -0.376 e. The Morgan fingerprint density at radius 1 is 1.18 bits per heavy atom. The summed E-state index contributed by atoms with van der Waals surface area (Å²) in [6.45, 7) is 0.305. The predicted octanol–water partition coefficient (Wildman–Crippen LogP) is 2.13. The second kappa shape index (κ2) is 7.06. The number of nitrogens with one attached hydrogen (secondary N) is 2. The van der Waals surface area contributed by atoms with E-state index >= 15 is 0 Å². The van der Waals surface area contributed by atoms with Crippen LogP contribution in [0.3, 0.4) is 0 Å². The molecule has 3 rings (SSSR count). The van der Waals surface area contributed by atoms with Gasteiger partial charge in [0.2, 0.25) is 5.91 Å². The van der Waals surface area contributed by atoms with Crippen molar-refractivity contribution < 1.29 is 4.79 Å². The van der Waals surface area contributed by atoms with Crippen molar-refractivity contribution in [1.82, 2.24) is 20.1 Å². The van der Waals surface area contributed by atoms with Gasteiger partial charge in [0.05, 0.1) is 12.2 Å². The molecular weight excluding hydrogens is 278 g/mol. The molecule has 0 radical (unpaired) electrons. The summed E-state index contributed by atoms with van der Waals surface area (Å²) >= 11 is 0. The summed E-state index contributed by atoms with van der Waals surface area (Å²) in [5, 5.41) is 10.3. The molecule has 1 aliphatic carbocycles. The second-order valence-electron chi connectivity index (χ2n) is 5.64. The Morgan fingerprint density at radius 3 is 2.64 bits per heavy atom. The van der Waals surface area contributed by atoms with E-state index in [0.717, 1.165) is 24.2 Å². The first-order valence-corrected chi connectivity index (χ1v) is 7.79. The minimum atomic E-state index is 0.0623. The van der Waals surface area contributed by atoms with E-state index in [-0.39, 0.29) is 5.91 Å². The van der Waals surface area contributed by atoms with Gasteiger partial charge in [0.15, 0.2) is 0 Å². The number of anilines is 1. The molecule has 6 nitrogen and oxygen atoms in total. The van der Waals surface area contributed by atoms with Gasteiger partial charge in [-0.2, -0.15) is 5.10 Å². The zero-order valence-corrected chi connectivity index (χ0v) is 12.5. The Hall–Kier alpha value is -2.37. The molecule has 1 aromatic heterocycles. The van der Waals surface area contributed by atoms with Gasteiger partial charge >= 0.3 is 0 Å². The number of hydrogen-bond acceptors (Lipinski definition) is 4. The predicted molar refractivity (Wildman–Crippen MR) is 84.9 cm³/mol. The van der Waals surface area contributed by atoms with Gasteiger partial charge in [-0.3, -0.25) is 4.79 Å². The van der Waals surface area contributed by atoms with Crippen LogP contribution in [-0.4, -0.2) is 33.3 Å². The lowest BCUT2D eigenvalue weighted by Gasteiger charge is -2.22. The summed E-state index contributed by atoms with van der Waals surface area (Å²) in [6, 6.07) is 8.11. The molecule has 0 bridgehead atoms. The lowest BCUT2D eigenvalue weighted by Crippen LogP contribution is -2.39. The molecule has 116 valence electrons. The molecule has 0 unspecified atom stereocenters. The first-order chi connectivity index (χ1) is 10.8. The average molecular weight is 299 g/mol. The standard InChI is InChI=1S/C16H21N5O/c22-16(20-14-4-2-1-3-5-14)10-18-13-6-8-15(9-7-13)21-12-17-11-19-21/h6-9,11-12,14,18H,1-5,10H2,(H,20,22). The largest absolute Gasteiger partial charge is 0.376 e. The van der Waals surface area contributed by atoms with Crippen molar-refractivity contribution in [3.8, 4) is 5.69 Å². The number of rotatable bonds is 5. The zero-order valence-electron chi connectivity index (χ0n) is 12.5. The van der Waals surface area contributed by atoms with Gasteiger partial charge in [0, 0.05) is 11.7 Å². The SMILES string of the molecule is O=C(CNc1ccc(-n2cncn2)cc1)NC1CCCCC1. The van der Waals surface area contributed by atoms with Crippen LogP contribution >= 0.6 is 0 Å². The van der Waals surface area contributed by atoms with Crippen molar-refractivity contribution in [2.75, 3.05) is 11.9 Å². The van der Waals surface area contributed by atoms with Crippen LogP contribution in [0.2, 0.25) is 0 Å². The lowest BCUT2D eigenvalue weighted by atomic mass is 9.95. The average Bonchev–Trinajstić information content (AvgIpc) is 3.09. The van der Waals surface area contributed by atoms with Gasteiger partial charge in [0.25, 0.3) is 0 Å². The van der Waals surface area contributed by atoms with Gasteiger partial charge in [0.1, 0.15) is 12.7 Å². The molecule has 0 spiro atoms. The molecule has 1 saturated carbocycles. The quantitative estimate of drug-likeness (QED) is 0.887. The van der Waals surface area contributed by atoms with E-state index in [1.54, 1.807) is 11.0 Å². The Labute approximate surface area is 129 Å². The maximum Gasteiger partial charge on any atom is 0.239 e. The van der Waals surface area contributed by atoms with E-state index in [1.807, 2.05) is 24.3 Å². The van der Waals surface area contributed by atoms with Gasteiger partial charge < -0.3 is 10.6 Å². The van der Waals surface area contributed by atoms with E-state index in [2.05, 4.69) is 20.7 Å². The minimum absolute atomic E-state index is 0.0623. The molecule has 1 amide bonds. The molecular formula is C16H21N5O. The third-order valence-corrected chi connectivity index (χ3v) is 3.97. The van der Waals surface area contributed by atoms with Crippen molar-refractivity contribution in [2.24, 2.45) is 0 Å². The summed E-state index contributed by atoms with van der Waals surface area (Å²) in [5.41, 5.74) is 1.86. The summed E-state index contributed by atoms with van der Waals surface area (Å²) in [4.78, 5) is 15.9. The molecule has 0 atom stereocenters. The number of carbonyl (C=O) groups excluding carboxylic acids is 1. The van der Waals surface area contributed by atoms with Crippen LogP contribution in [0.5, 0.6) is 0 Å². The number of carbonyl (C=O) groups is 1. The summed E-state index contributed by atoms with van der Waals surface area (Å²) in [5.74, 6) is 0.0623. The number of amides is 1. The summed E-state index contributed by atoms with van der Waals surface area (Å²) in [6.07, 6.45) is 9.12. The molecule has 2 N–H and O–H groups in total. The Balaban J connectivity index is 1.47. The highest BCUT2D eigenvalue weighted by atomic mass is 16.1. The van der Waals surface area contributed by atoms with Gasteiger partial charge in [-0.1, -0.05) is 19.3 Å². The van der Waals surface area contributed by atoms with Crippen LogP contribution in [0.1, 0.15) is 32.1 Å². The topological polar surface area (TPSA) is 71.8 Å². The molecule has 22 heavy (non-hydrogen) atoms. The van der Waals surface area contributed by atoms with Gasteiger partial charge in [-0.15, -0.1) is 0 Å². The summed E-state index contributed by atoms with van der Waals surface area (Å²) in [7, 11) is 0. The van der Waals surface area contributed by atoms with Gasteiger partial charge in [-0.25, -0.2) is 9.67 Å². The second-order valence-corrected chi connectivity index (χ2v) is 5.64. The Kier molecular flexibility index (Phi) is 4.68. The molecule has 1 aliphatic rings.